The molecular weight excluding hydrogens is 342 g/mol. The molecule has 0 aliphatic carbocycles. The fraction of sp³-hybridized carbons (Fsp3) is 0.278. The van der Waals surface area contributed by atoms with Crippen molar-refractivity contribution in [2.45, 2.75) is 25.0 Å². The van der Waals surface area contributed by atoms with Crippen molar-refractivity contribution < 1.29 is 14.3 Å². The smallest absolute Gasteiger partial charge is 0.252 e. The lowest BCUT2D eigenvalue weighted by Crippen LogP contribution is -2.46. The Hall–Kier alpha value is -2.28. The number of amides is 1. The maximum atomic E-state index is 12.6. The van der Waals surface area contributed by atoms with Gasteiger partial charge in [0.25, 0.3) is 5.91 Å². The van der Waals surface area contributed by atoms with Gasteiger partial charge < -0.3 is 14.8 Å². The van der Waals surface area contributed by atoms with Crippen molar-refractivity contribution in [2.75, 3.05) is 6.79 Å². The lowest BCUT2D eigenvalue weighted by atomic mass is 9.91. The lowest BCUT2D eigenvalue weighted by molar-refractivity contribution is 0.0928. The summed E-state index contributed by atoms with van der Waals surface area (Å²) >= 11 is 6.12. The van der Waals surface area contributed by atoms with Crippen molar-refractivity contribution >= 4 is 17.5 Å². The number of hydrogen-bond acceptors (Lipinski definition) is 5. The molecule has 2 aliphatic heterocycles. The Morgan fingerprint density at radius 1 is 1.16 bits per heavy atom. The highest BCUT2D eigenvalue weighted by Gasteiger charge is 2.35. The van der Waals surface area contributed by atoms with Crippen LogP contribution in [0, 0.1) is 0 Å². The number of hydrazine groups is 1. The zero-order valence-corrected chi connectivity index (χ0v) is 14.3. The largest absolute Gasteiger partial charge is 0.454 e. The van der Waals surface area contributed by atoms with E-state index < -0.39 is 0 Å². The van der Waals surface area contributed by atoms with Crippen LogP contribution >= 0.6 is 11.6 Å². The minimum absolute atomic E-state index is 0.0525. The van der Waals surface area contributed by atoms with Crippen LogP contribution in [-0.2, 0) is 0 Å². The van der Waals surface area contributed by atoms with Crippen molar-refractivity contribution in [3.63, 3.8) is 0 Å². The van der Waals surface area contributed by atoms with Gasteiger partial charge in [-0.2, -0.15) is 0 Å². The van der Waals surface area contributed by atoms with Crippen LogP contribution in [0.3, 0.4) is 0 Å². The molecule has 0 radical (unpaired) electrons. The van der Waals surface area contributed by atoms with Crippen LogP contribution in [0.15, 0.2) is 42.5 Å². The number of halogens is 1. The normalized spacial score (nSPS) is 24.3. The fourth-order valence-electron chi connectivity index (χ4n) is 3.27. The predicted octanol–water partition coefficient (Wildman–Crippen LogP) is 2.40. The molecule has 7 heteroatoms. The Labute approximate surface area is 150 Å². The van der Waals surface area contributed by atoms with Crippen LogP contribution in [0.2, 0.25) is 5.02 Å². The Bertz CT molecular complexity index is 814. The highest BCUT2D eigenvalue weighted by Crippen LogP contribution is 2.33. The van der Waals surface area contributed by atoms with Gasteiger partial charge in [-0.1, -0.05) is 23.7 Å². The van der Waals surface area contributed by atoms with Crippen LogP contribution in [-0.4, -0.2) is 24.9 Å². The first-order valence-corrected chi connectivity index (χ1v) is 8.46. The van der Waals surface area contributed by atoms with E-state index in [-0.39, 0.29) is 30.8 Å². The molecule has 2 heterocycles. The molecule has 6 nitrogen and oxygen atoms in total. The van der Waals surface area contributed by atoms with Gasteiger partial charge in [-0.15, -0.1) is 0 Å². The molecule has 1 fully saturated rings. The van der Waals surface area contributed by atoms with E-state index in [2.05, 4.69) is 23.1 Å². The molecule has 0 bridgehead atoms. The van der Waals surface area contributed by atoms with E-state index in [1.54, 1.807) is 18.2 Å². The van der Waals surface area contributed by atoms with Crippen LogP contribution in [0.25, 0.3) is 0 Å². The Kier molecular flexibility index (Phi) is 4.25. The number of benzene rings is 2. The molecular formula is C18H18ClN3O3. The molecule has 2 aromatic carbocycles. The van der Waals surface area contributed by atoms with Gasteiger partial charge in [-0.05, 0) is 42.8 Å². The average Bonchev–Trinajstić information content (AvgIpc) is 3.20. The van der Waals surface area contributed by atoms with Gasteiger partial charge in [0.1, 0.15) is 6.17 Å². The molecule has 3 N–H and O–H groups in total. The molecule has 0 aromatic heterocycles. The molecule has 2 aromatic rings. The molecule has 0 saturated carbocycles. The molecule has 25 heavy (non-hydrogen) atoms. The molecule has 130 valence electrons. The SMILES string of the molecule is CC1NNC(NC(=O)c2ccc3c(c2)OCO3)C1c1cccc(Cl)c1. The molecule has 3 unspecified atom stereocenters. The minimum Gasteiger partial charge on any atom is -0.454 e. The third-order valence-electron chi connectivity index (χ3n) is 4.52. The van der Waals surface area contributed by atoms with Crippen LogP contribution < -0.4 is 25.6 Å². The maximum Gasteiger partial charge on any atom is 0.252 e. The number of nitrogens with one attached hydrogen (secondary N) is 3. The number of carbonyl (C=O) groups excluding carboxylic acids is 1. The maximum absolute atomic E-state index is 12.6. The van der Waals surface area contributed by atoms with Crippen LogP contribution in [0.5, 0.6) is 11.5 Å². The van der Waals surface area contributed by atoms with Crippen molar-refractivity contribution in [1.82, 2.24) is 16.2 Å². The second-order valence-electron chi connectivity index (χ2n) is 6.18. The first-order valence-electron chi connectivity index (χ1n) is 8.09. The summed E-state index contributed by atoms with van der Waals surface area (Å²) in [4.78, 5) is 12.6. The highest BCUT2D eigenvalue weighted by atomic mass is 35.5. The molecule has 3 atom stereocenters. The number of carbonyl (C=O) groups is 1. The Morgan fingerprint density at radius 3 is 2.84 bits per heavy atom. The number of ether oxygens (including phenoxy) is 2. The van der Waals surface area contributed by atoms with Crippen LogP contribution in [0.1, 0.15) is 28.8 Å². The number of hydrogen-bond donors (Lipinski definition) is 3. The second-order valence-corrected chi connectivity index (χ2v) is 6.61. The first kappa shape index (κ1) is 16.2. The number of rotatable bonds is 3. The standard InChI is InChI=1S/C18H18ClN3O3/c1-10-16(11-3-2-4-13(19)7-11)17(22-21-10)20-18(23)12-5-6-14-15(8-12)25-9-24-14/h2-8,10,16-17,21-22H,9H2,1H3,(H,20,23). The van der Waals surface area contributed by atoms with E-state index in [4.69, 9.17) is 21.1 Å². The summed E-state index contributed by atoms with van der Waals surface area (Å²) in [6.45, 7) is 2.24. The summed E-state index contributed by atoms with van der Waals surface area (Å²) in [5, 5.41) is 3.71. The fourth-order valence-corrected chi connectivity index (χ4v) is 3.47. The third-order valence-corrected chi connectivity index (χ3v) is 4.75. The Morgan fingerprint density at radius 2 is 2.00 bits per heavy atom. The van der Waals surface area contributed by atoms with Gasteiger partial charge in [0.15, 0.2) is 11.5 Å². The second kappa shape index (κ2) is 6.55. The number of fused-ring (bicyclic) bond motifs is 1. The van der Waals surface area contributed by atoms with E-state index >= 15 is 0 Å². The highest BCUT2D eigenvalue weighted by molar-refractivity contribution is 6.30. The Balaban J connectivity index is 1.53. The van der Waals surface area contributed by atoms with Gasteiger partial charge in [-0.25, -0.2) is 5.43 Å². The van der Waals surface area contributed by atoms with E-state index in [1.165, 1.54) is 0 Å². The van der Waals surface area contributed by atoms with Gasteiger partial charge in [0, 0.05) is 22.5 Å². The van der Waals surface area contributed by atoms with Gasteiger partial charge >= 0.3 is 0 Å². The van der Waals surface area contributed by atoms with E-state index in [1.807, 2.05) is 24.3 Å². The summed E-state index contributed by atoms with van der Waals surface area (Å²) in [6, 6.07) is 13.0. The quantitative estimate of drug-likeness (QED) is 0.785. The first-order chi connectivity index (χ1) is 12.1. The van der Waals surface area contributed by atoms with Crippen molar-refractivity contribution in [3.8, 4) is 11.5 Å². The lowest BCUT2D eigenvalue weighted by Gasteiger charge is -2.22. The third kappa shape index (κ3) is 3.16. The topological polar surface area (TPSA) is 71.6 Å². The molecule has 1 amide bonds. The average molecular weight is 360 g/mol. The predicted molar refractivity (Wildman–Crippen MR) is 93.7 cm³/mol. The van der Waals surface area contributed by atoms with E-state index in [9.17, 15) is 4.79 Å². The van der Waals surface area contributed by atoms with Crippen molar-refractivity contribution in [2.24, 2.45) is 0 Å². The van der Waals surface area contributed by atoms with Crippen molar-refractivity contribution in [1.29, 1.82) is 0 Å². The summed E-state index contributed by atoms with van der Waals surface area (Å²) in [5.74, 6) is 1.11. The summed E-state index contributed by atoms with van der Waals surface area (Å²) < 4.78 is 10.6. The minimum atomic E-state index is -0.258. The van der Waals surface area contributed by atoms with Crippen molar-refractivity contribution in [3.05, 3.63) is 58.6 Å². The molecule has 4 rings (SSSR count). The summed E-state index contributed by atoms with van der Waals surface area (Å²) in [6.07, 6.45) is -0.258. The van der Waals surface area contributed by atoms with Gasteiger partial charge in [0.2, 0.25) is 6.79 Å². The van der Waals surface area contributed by atoms with Gasteiger partial charge in [0.05, 0.1) is 0 Å². The zero-order chi connectivity index (χ0) is 17.4. The van der Waals surface area contributed by atoms with Crippen LogP contribution in [0.4, 0.5) is 0 Å². The monoisotopic (exact) mass is 359 g/mol. The zero-order valence-electron chi connectivity index (χ0n) is 13.6. The molecule has 2 aliphatic rings. The van der Waals surface area contributed by atoms with Gasteiger partial charge in [-0.3, -0.25) is 10.2 Å². The molecule has 1 saturated heterocycles. The summed E-state index contributed by atoms with van der Waals surface area (Å²) in [7, 11) is 0. The van der Waals surface area contributed by atoms with E-state index in [0.717, 1.165) is 5.56 Å². The van der Waals surface area contributed by atoms with E-state index in [0.29, 0.717) is 22.1 Å². The summed E-state index contributed by atoms with van der Waals surface area (Å²) in [5.41, 5.74) is 7.92. The molecule has 0 spiro atoms.